The van der Waals surface area contributed by atoms with Gasteiger partial charge in [0, 0.05) is 37.4 Å². The number of rotatable bonds is 7. The van der Waals surface area contributed by atoms with E-state index in [1.165, 1.54) is 9.13 Å². The number of hydrogen-bond donors (Lipinski definition) is 0. The summed E-state index contributed by atoms with van der Waals surface area (Å²) in [6.45, 7) is 5.29. The SMILES string of the molecule is CC#CCn1c(N2CCC[C@@H](N=C/C=C/c3ccccc3)C2)nc2c1c(=O)n(Cc1nc(C)c3ccccc3n1)c(=O)n2C. The fourth-order valence-electron chi connectivity index (χ4n) is 5.70. The third kappa shape index (κ3) is 5.69. The van der Waals surface area contributed by atoms with Crippen LogP contribution in [0.5, 0.6) is 0 Å². The number of aliphatic imine (C=N–C) groups is 1. The Morgan fingerprint density at radius 3 is 2.64 bits per heavy atom. The third-order valence-electron chi connectivity index (χ3n) is 7.92. The van der Waals surface area contributed by atoms with Crippen LogP contribution in [0.1, 0.15) is 36.8 Å². The molecule has 0 N–H and O–H groups in total. The average molecular weight is 587 g/mol. The zero-order valence-corrected chi connectivity index (χ0v) is 25.1. The number of benzene rings is 2. The van der Waals surface area contributed by atoms with Crippen molar-refractivity contribution in [3.8, 4) is 11.8 Å². The molecule has 0 aliphatic carbocycles. The maximum atomic E-state index is 14.0. The number of allylic oxidation sites excluding steroid dienone is 1. The number of aromatic nitrogens is 6. The lowest BCUT2D eigenvalue weighted by Crippen LogP contribution is -2.40. The molecule has 0 unspecified atom stereocenters. The van der Waals surface area contributed by atoms with Crippen LogP contribution in [0.15, 0.2) is 75.3 Å². The summed E-state index contributed by atoms with van der Waals surface area (Å²) in [5.74, 6) is 7.05. The Bertz CT molecular complexity index is 2080. The molecular weight excluding hydrogens is 552 g/mol. The Balaban J connectivity index is 1.35. The predicted molar refractivity (Wildman–Crippen MR) is 175 cm³/mol. The van der Waals surface area contributed by atoms with Crippen molar-refractivity contribution in [3.63, 3.8) is 0 Å². The summed E-state index contributed by atoms with van der Waals surface area (Å²) in [4.78, 5) is 48.6. The Labute approximate surface area is 255 Å². The first-order valence-electron chi connectivity index (χ1n) is 14.8. The van der Waals surface area contributed by atoms with Gasteiger partial charge in [0.05, 0.1) is 24.6 Å². The molecule has 1 aliphatic rings. The van der Waals surface area contributed by atoms with E-state index in [2.05, 4.69) is 26.7 Å². The molecule has 1 atom stereocenters. The van der Waals surface area contributed by atoms with Gasteiger partial charge in [-0.3, -0.25) is 23.5 Å². The highest BCUT2D eigenvalue weighted by atomic mass is 16.2. The molecule has 5 aromatic rings. The molecule has 10 nitrogen and oxygen atoms in total. The lowest BCUT2D eigenvalue weighted by Gasteiger charge is -2.31. The van der Waals surface area contributed by atoms with Crippen molar-refractivity contribution in [1.82, 2.24) is 28.7 Å². The molecule has 44 heavy (non-hydrogen) atoms. The Hall–Kier alpha value is -5.30. The van der Waals surface area contributed by atoms with Gasteiger partial charge in [0.15, 0.2) is 11.2 Å². The number of nitrogens with zero attached hydrogens (tertiary/aromatic N) is 8. The summed E-state index contributed by atoms with van der Waals surface area (Å²) in [6.07, 6.45) is 7.72. The lowest BCUT2D eigenvalue weighted by molar-refractivity contribution is 0.499. The average Bonchev–Trinajstić information content (AvgIpc) is 3.43. The van der Waals surface area contributed by atoms with Gasteiger partial charge in [-0.25, -0.2) is 14.8 Å². The Morgan fingerprint density at radius 1 is 1.02 bits per heavy atom. The molecule has 1 aliphatic heterocycles. The fraction of sp³-hybridized carbons (Fsp3) is 0.294. The zero-order chi connectivity index (χ0) is 30.6. The van der Waals surface area contributed by atoms with Crippen LogP contribution in [0, 0.1) is 18.8 Å². The summed E-state index contributed by atoms with van der Waals surface area (Å²) >= 11 is 0. The second kappa shape index (κ2) is 12.5. The van der Waals surface area contributed by atoms with E-state index in [9.17, 15) is 9.59 Å². The molecule has 0 spiro atoms. The molecule has 1 fully saturated rings. The molecule has 0 bridgehead atoms. The summed E-state index contributed by atoms with van der Waals surface area (Å²) in [6, 6.07) is 17.9. The highest BCUT2D eigenvalue weighted by Crippen LogP contribution is 2.24. The van der Waals surface area contributed by atoms with Crippen molar-refractivity contribution >= 4 is 40.3 Å². The standard InChI is InChI=1S/C34H34N8O2/c1-4-5-21-41-30-31(38-33(41)40-20-12-16-26(22-40)35-19-11-15-25-13-7-6-8-14-25)39(3)34(44)42(32(30)43)23-29-36-24(2)27-17-9-10-18-28(27)37-29/h6-11,13-15,17-19,26H,12,16,20-23H2,1-3H3/b15-11+,35-19?/t26-/m1/s1. The van der Waals surface area contributed by atoms with Crippen molar-refractivity contribution < 1.29 is 0 Å². The van der Waals surface area contributed by atoms with Crippen molar-refractivity contribution in [2.45, 2.75) is 45.8 Å². The summed E-state index contributed by atoms with van der Waals surface area (Å²) < 4.78 is 4.45. The maximum absolute atomic E-state index is 14.0. The molecular formula is C34H34N8O2. The van der Waals surface area contributed by atoms with Crippen LogP contribution in [0.4, 0.5) is 5.95 Å². The van der Waals surface area contributed by atoms with E-state index >= 15 is 0 Å². The second-order valence-electron chi connectivity index (χ2n) is 10.9. The van der Waals surface area contributed by atoms with E-state index in [0.717, 1.165) is 41.5 Å². The summed E-state index contributed by atoms with van der Waals surface area (Å²) in [5.41, 5.74) is 2.43. The van der Waals surface area contributed by atoms with Gasteiger partial charge in [-0.2, -0.15) is 4.98 Å². The third-order valence-corrected chi connectivity index (χ3v) is 7.92. The largest absolute Gasteiger partial charge is 0.340 e. The highest BCUT2D eigenvalue weighted by Gasteiger charge is 2.27. The molecule has 0 amide bonds. The normalized spacial score (nSPS) is 15.4. The predicted octanol–water partition coefficient (Wildman–Crippen LogP) is 3.97. The van der Waals surface area contributed by atoms with E-state index < -0.39 is 11.2 Å². The molecule has 222 valence electrons. The van der Waals surface area contributed by atoms with E-state index in [-0.39, 0.29) is 19.1 Å². The molecule has 2 aromatic carbocycles. The van der Waals surface area contributed by atoms with Gasteiger partial charge in [-0.05, 0) is 44.4 Å². The first kappa shape index (κ1) is 28.8. The summed E-state index contributed by atoms with van der Waals surface area (Å²) in [7, 11) is 1.64. The number of imidazole rings is 1. The second-order valence-corrected chi connectivity index (χ2v) is 10.9. The van der Waals surface area contributed by atoms with Crippen molar-refractivity contribution in [2.75, 3.05) is 18.0 Å². The molecule has 0 saturated carbocycles. The number of aryl methyl sites for hydroxylation is 2. The van der Waals surface area contributed by atoms with Crippen molar-refractivity contribution in [1.29, 1.82) is 0 Å². The lowest BCUT2D eigenvalue weighted by atomic mass is 10.1. The molecule has 3 aromatic heterocycles. The van der Waals surface area contributed by atoms with Crippen LogP contribution in [-0.2, 0) is 20.1 Å². The van der Waals surface area contributed by atoms with Gasteiger partial charge >= 0.3 is 5.69 Å². The van der Waals surface area contributed by atoms with Gasteiger partial charge < -0.3 is 4.90 Å². The Morgan fingerprint density at radius 2 is 1.82 bits per heavy atom. The van der Waals surface area contributed by atoms with Crippen molar-refractivity contribution in [3.05, 3.63) is 98.6 Å². The van der Waals surface area contributed by atoms with Crippen LogP contribution in [0.2, 0.25) is 0 Å². The van der Waals surface area contributed by atoms with Crippen LogP contribution < -0.4 is 16.1 Å². The number of fused-ring (bicyclic) bond motifs is 2. The van der Waals surface area contributed by atoms with Gasteiger partial charge in [-0.1, -0.05) is 60.5 Å². The first-order chi connectivity index (χ1) is 21.4. The summed E-state index contributed by atoms with van der Waals surface area (Å²) in [5, 5.41) is 0.934. The van der Waals surface area contributed by atoms with E-state index in [0.29, 0.717) is 29.5 Å². The van der Waals surface area contributed by atoms with E-state index in [1.807, 2.05) is 84.5 Å². The van der Waals surface area contributed by atoms with Crippen molar-refractivity contribution in [2.24, 2.45) is 12.0 Å². The maximum Gasteiger partial charge on any atom is 0.332 e. The minimum atomic E-state index is -0.471. The molecule has 0 radical (unpaired) electrons. The number of hydrogen-bond acceptors (Lipinski definition) is 7. The van der Waals surface area contributed by atoms with Gasteiger partial charge in [-0.15, -0.1) is 5.92 Å². The highest BCUT2D eigenvalue weighted by molar-refractivity contribution is 5.80. The van der Waals surface area contributed by atoms with Crippen LogP contribution in [-0.4, -0.2) is 54.0 Å². The number of anilines is 1. The topological polar surface area (TPSA) is 103 Å². The smallest absolute Gasteiger partial charge is 0.332 e. The minimum Gasteiger partial charge on any atom is -0.340 e. The fourth-order valence-corrected chi connectivity index (χ4v) is 5.70. The van der Waals surface area contributed by atoms with E-state index in [4.69, 9.17) is 9.98 Å². The van der Waals surface area contributed by atoms with Crippen LogP contribution in [0.25, 0.3) is 28.1 Å². The number of piperidine rings is 1. The van der Waals surface area contributed by atoms with Gasteiger partial charge in [0.25, 0.3) is 5.56 Å². The monoisotopic (exact) mass is 586 g/mol. The Kier molecular flexibility index (Phi) is 8.19. The zero-order valence-electron chi connectivity index (χ0n) is 25.1. The minimum absolute atomic E-state index is 0.0515. The number of para-hydroxylation sites is 1. The van der Waals surface area contributed by atoms with E-state index in [1.54, 1.807) is 14.0 Å². The molecule has 1 saturated heterocycles. The van der Waals surface area contributed by atoms with Crippen LogP contribution >= 0.6 is 0 Å². The van der Waals surface area contributed by atoms with Crippen LogP contribution in [0.3, 0.4) is 0 Å². The molecule has 6 rings (SSSR count). The first-order valence-corrected chi connectivity index (χ1v) is 14.8. The van der Waals surface area contributed by atoms with Gasteiger partial charge in [0.2, 0.25) is 5.95 Å². The molecule has 4 heterocycles. The molecule has 10 heteroatoms. The quantitative estimate of drug-likeness (QED) is 0.211. The van der Waals surface area contributed by atoms with Gasteiger partial charge in [0.1, 0.15) is 5.82 Å².